The fourth-order valence-corrected chi connectivity index (χ4v) is 3.28. The van der Waals surface area contributed by atoms with E-state index < -0.39 is 5.82 Å². The second-order valence-corrected chi connectivity index (χ2v) is 6.20. The molecular formula is C16H21FN2O2. The van der Waals surface area contributed by atoms with Gasteiger partial charge in [-0.05, 0) is 43.9 Å². The number of hydrogen-bond donors (Lipinski definition) is 1. The number of halogens is 1. The minimum atomic E-state index is -0.435. The van der Waals surface area contributed by atoms with Crippen LogP contribution in [0.4, 0.5) is 4.39 Å². The Morgan fingerprint density at radius 2 is 2.05 bits per heavy atom. The summed E-state index contributed by atoms with van der Waals surface area (Å²) in [6.45, 7) is 5.63. The van der Waals surface area contributed by atoms with Crippen molar-refractivity contribution >= 4 is 5.91 Å². The van der Waals surface area contributed by atoms with Gasteiger partial charge in [-0.25, -0.2) is 4.39 Å². The van der Waals surface area contributed by atoms with Crippen molar-refractivity contribution < 1.29 is 13.9 Å². The van der Waals surface area contributed by atoms with Gasteiger partial charge in [-0.15, -0.1) is 0 Å². The molecule has 5 heteroatoms. The van der Waals surface area contributed by atoms with Crippen LogP contribution in [0.15, 0.2) is 18.2 Å². The van der Waals surface area contributed by atoms with E-state index in [1.807, 2.05) is 20.9 Å². The molecule has 1 aromatic rings. The highest BCUT2D eigenvalue weighted by atomic mass is 19.1. The van der Waals surface area contributed by atoms with Crippen LogP contribution in [0.5, 0.6) is 5.75 Å². The lowest BCUT2D eigenvalue weighted by atomic mass is 10.1. The molecule has 2 fully saturated rings. The number of nitrogens with zero attached hydrogens (tertiary/aromatic N) is 1. The summed E-state index contributed by atoms with van der Waals surface area (Å²) in [6, 6.07) is 4.65. The van der Waals surface area contributed by atoms with E-state index in [1.54, 1.807) is 4.90 Å². The summed E-state index contributed by atoms with van der Waals surface area (Å²) in [5, 5.41) is 3.32. The number of benzene rings is 1. The molecule has 1 amide bonds. The van der Waals surface area contributed by atoms with Crippen molar-refractivity contribution in [3.8, 4) is 5.75 Å². The molecule has 1 aliphatic carbocycles. The van der Waals surface area contributed by atoms with Crippen LogP contribution in [0, 0.1) is 17.7 Å². The van der Waals surface area contributed by atoms with Gasteiger partial charge in [0.05, 0.1) is 6.10 Å². The minimum absolute atomic E-state index is 0.0667. The molecule has 2 atom stereocenters. The van der Waals surface area contributed by atoms with Crippen LogP contribution >= 0.6 is 0 Å². The molecular weight excluding hydrogens is 271 g/mol. The number of ether oxygens (including phenoxy) is 1. The van der Waals surface area contributed by atoms with E-state index in [-0.39, 0.29) is 17.8 Å². The first kappa shape index (κ1) is 14.3. The Kier molecular flexibility index (Phi) is 3.61. The molecule has 2 unspecified atom stereocenters. The third kappa shape index (κ3) is 2.62. The van der Waals surface area contributed by atoms with Gasteiger partial charge < -0.3 is 15.0 Å². The Morgan fingerprint density at radius 1 is 1.38 bits per heavy atom. The Balaban J connectivity index is 1.75. The highest BCUT2D eigenvalue weighted by molar-refractivity contribution is 5.95. The van der Waals surface area contributed by atoms with Crippen molar-refractivity contribution in [3.63, 3.8) is 0 Å². The minimum Gasteiger partial charge on any atom is -0.488 e. The van der Waals surface area contributed by atoms with Gasteiger partial charge in [-0.2, -0.15) is 0 Å². The molecule has 1 saturated heterocycles. The van der Waals surface area contributed by atoms with Crippen LogP contribution in [0.1, 0.15) is 24.2 Å². The summed E-state index contributed by atoms with van der Waals surface area (Å²) in [5.74, 6) is 0.789. The Hall–Kier alpha value is -1.62. The Bertz CT molecular complexity index is 551. The quantitative estimate of drug-likeness (QED) is 0.921. The lowest BCUT2D eigenvalue weighted by Gasteiger charge is -2.20. The molecule has 2 aliphatic rings. The largest absolute Gasteiger partial charge is 0.488 e. The van der Waals surface area contributed by atoms with Crippen LogP contribution < -0.4 is 10.1 Å². The molecule has 3 rings (SSSR count). The van der Waals surface area contributed by atoms with Crippen molar-refractivity contribution in [3.05, 3.63) is 29.6 Å². The maximum absolute atomic E-state index is 13.7. The number of rotatable bonds is 4. The van der Waals surface area contributed by atoms with Crippen LogP contribution in [-0.4, -0.2) is 43.1 Å². The summed E-state index contributed by atoms with van der Waals surface area (Å²) < 4.78 is 19.1. The number of hydrogen-bond acceptors (Lipinski definition) is 3. The van der Waals surface area contributed by atoms with Crippen molar-refractivity contribution in [2.24, 2.45) is 11.8 Å². The maximum Gasteiger partial charge on any atom is 0.254 e. The van der Waals surface area contributed by atoms with Gasteiger partial charge in [0.25, 0.3) is 5.91 Å². The number of carbonyl (C=O) groups is 1. The first-order chi connectivity index (χ1) is 9.99. The molecule has 1 saturated carbocycles. The molecule has 1 aliphatic heterocycles. The van der Waals surface area contributed by atoms with Crippen molar-refractivity contribution in [1.82, 2.24) is 10.2 Å². The average molecular weight is 292 g/mol. The van der Waals surface area contributed by atoms with Crippen molar-refractivity contribution in [2.45, 2.75) is 26.0 Å². The average Bonchev–Trinajstić information content (AvgIpc) is 2.91. The molecule has 4 nitrogen and oxygen atoms in total. The molecule has 1 heterocycles. The van der Waals surface area contributed by atoms with Gasteiger partial charge in [0, 0.05) is 31.7 Å². The van der Waals surface area contributed by atoms with Crippen LogP contribution in [0.25, 0.3) is 0 Å². The third-order valence-corrected chi connectivity index (χ3v) is 4.35. The van der Waals surface area contributed by atoms with Crippen LogP contribution in [-0.2, 0) is 0 Å². The number of amides is 1. The molecule has 114 valence electrons. The topological polar surface area (TPSA) is 41.6 Å². The van der Waals surface area contributed by atoms with Crippen LogP contribution in [0.2, 0.25) is 0 Å². The zero-order chi connectivity index (χ0) is 15.1. The maximum atomic E-state index is 13.7. The summed E-state index contributed by atoms with van der Waals surface area (Å²) in [6.07, 6.45) is -0.128. The molecule has 21 heavy (non-hydrogen) atoms. The summed E-state index contributed by atoms with van der Waals surface area (Å²) in [7, 11) is 1.83. The summed E-state index contributed by atoms with van der Waals surface area (Å²) in [5.41, 5.74) is 0.479. The molecule has 0 radical (unpaired) electrons. The lowest BCUT2D eigenvalue weighted by Crippen LogP contribution is -2.34. The van der Waals surface area contributed by atoms with E-state index in [0.717, 1.165) is 13.1 Å². The first-order valence-electron chi connectivity index (χ1n) is 7.43. The number of fused-ring (bicyclic) bond motifs is 1. The highest BCUT2D eigenvalue weighted by Crippen LogP contribution is 2.45. The molecule has 0 aromatic heterocycles. The van der Waals surface area contributed by atoms with E-state index in [2.05, 4.69) is 5.32 Å². The second-order valence-electron chi connectivity index (χ2n) is 6.20. The van der Waals surface area contributed by atoms with Gasteiger partial charge in [-0.3, -0.25) is 4.79 Å². The van der Waals surface area contributed by atoms with Crippen LogP contribution in [0.3, 0.4) is 0 Å². The van der Waals surface area contributed by atoms with E-state index >= 15 is 0 Å². The Labute approximate surface area is 124 Å². The third-order valence-electron chi connectivity index (χ3n) is 4.35. The van der Waals surface area contributed by atoms with Gasteiger partial charge in [-0.1, -0.05) is 0 Å². The SMILES string of the molecule is CC(C)Oc1cc(C(=O)N(C)C2C3CNCC32)ccc1F. The zero-order valence-electron chi connectivity index (χ0n) is 12.6. The summed E-state index contributed by atoms with van der Waals surface area (Å²) >= 11 is 0. The monoisotopic (exact) mass is 292 g/mol. The Morgan fingerprint density at radius 3 is 2.67 bits per heavy atom. The molecule has 0 bridgehead atoms. The smallest absolute Gasteiger partial charge is 0.254 e. The molecule has 1 N–H and O–H groups in total. The molecule has 0 spiro atoms. The van der Waals surface area contributed by atoms with Gasteiger partial charge >= 0.3 is 0 Å². The predicted molar refractivity (Wildman–Crippen MR) is 77.9 cm³/mol. The number of carbonyl (C=O) groups excluding carboxylic acids is 1. The normalized spacial score (nSPS) is 26.6. The van der Waals surface area contributed by atoms with Crippen molar-refractivity contribution in [1.29, 1.82) is 0 Å². The summed E-state index contributed by atoms with van der Waals surface area (Å²) in [4.78, 5) is 14.3. The van der Waals surface area contributed by atoms with E-state index in [4.69, 9.17) is 4.74 Å². The van der Waals surface area contributed by atoms with Gasteiger partial charge in [0.1, 0.15) is 0 Å². The standard InChI is InChI=1S/C16H21FN2O2/c1-9(2)21-14-6-10(4-5-13(14)17)16(20)19(3)15-11-7-18-8-12(11)15/h4-6,9,11-12,15,18H,7-8H2,1-3H3. The fraction of sp³-hybridized carbons (Fsp3) is 0.562. The van der Waals surface area contributed by atoms with E-state index in [0.29, 0.717) is 23.4 Å². The zero-order valence-corrected chi connectivity index (χ0v) is 12.6. The number of piperidine rings is 1. The second kappa shape index (κ2) is 5.30. The fourth-order valence-electron chi connectivity index (χ4n) is 3.28. The molecule has 1 aromatic carbocycles. The first-order valence-corrected chi connectivity index (χ1v) is 7.43. The van der Waals surface area contributed by atoms with Gasteiger partial charge in [0.2, 0.25) is 0 Å². The van der Waals surface area contributed by atoms with Gasteiger partial charge in [0.15, 0.2) is 11.6 Å². The van der Waals surface area contributed by atoms with E-state index in [1.165, 1.54) is 18.2 Å². The van der Waals surface area contributed by atoms with Crippen molar-refractivity contribution in [2.75, 3.05) is 20.1 Å². The highest BCUT2D eigenvalue weighted by Gasteiger charge is 2.56. The lowest BCUT2D eigenvalue weighted by molar-refractivity contribution is 0.0768. The number of nitrogens with one attached hydrogen (secondary N) is 1. The van der Waals surface area contributed by atoms with E-state index in [9.17, 15) is 9.18 Å². The predicted octanol–water partition coefficient (Wildman–Crippen LogP) is 1.90.